The summed E-state index contributed by atoms with van der Waals surface area (Å²) in [5.41, 5.74) is 1.25. The summed E-state index contributed by atoms with van der Waals surface area (Å²) in [6.45, 7) is 3.23. The van der Waals surface area contributed by atoms with Gasteiger partial charge in [0.25, 0.3) is 0 Å². The van der Waals surface area contributed by atoms with Gasteiger partial charge in [-0.25, -0.2) is 0 Å². The highest BCUT2D eigenvalue weighted by Crippen LogP contribution is 2.39. The molecule has 1 heterocycles. The maximum atomic E-state index is 9.36. The summed E-state index contributed by atoms with van der Waals surface area (Å²) < 4.78 is 0. The third-order valence-corrected chi connectivity index (χ3v) is 3.82. The van der Waals surface area contributed by atoms with Gasteiger partial charge in [0.2, 0.25) is 0 Å². The first-order chi connectivity index (χ1) is 6.74. The number of hydrogen-bond donors (Lipinski definition) is 2. The van der Waals surface area contributed by atoms with Crippen molar-refractivity contribution in [2.45, 2.75) is 31.8 Å². The lowest BCUT2D eigenvalue weighted by Gasteiger charge is -2.28. The summed E-state index contributed by atoms with van der Waals surface area (Å²) in [5, 5.41) is 17.1. The first-order valence-electron chi connectivity index (χ1n) is 5.11. The normalized spacial score (nSPS) is 20.7. The van der Waals surface area contributed by atoms with Crippen molar-refractivity contribution >= 4 is 11.3 Å². The fourth-order valence-corrected chi connectivity index (χ4v) is 2.42. The SMILES string of the molecule is CC(CO)(NCc1ccsc1)C1CC1. The fourth-order valence-electron chi connectivity index (χ4n) is 1.75. The van der Waals surface area contributed by atoms with E-state index in [-0.39, 0.29) is 12.1 Å². The van der Waals surface area contributed by atoms with Crippen molar-refractivity contribution in [3.8, 4) is 0 Å². The molecular formula is C11H17NOS. The summed E-state index contributed by atoms with van der Waals surface area (Å²) >= 11 is 1.72. The Morgan fingerprint density at radius 3 is 2.93 bits per heavy atom. The highest BCUT2D eigenvalue weighted by atomic mass is 32.1. The van der Waals surface area contributed by atoms with Crippen LogP contribution in [0.3, 0.4) is 0 Å². The molecule has 1 atom stereocenters. The molecule has 2 N–H and O–H groups in total. The van der Waals surface area contributed by atoms with Crippen molar-refractivity contribution in [1.29, 1.82) is 0 Å². The minimum absolute atomic E-state index is 0.0675. The molecule has 3 heteroatoms. The average Bonchev–Trinajstić information content (AvgIpc) is 2.94. The van der Waals surface area contributed by atoms with Gasteiger partial charge in [0, 0.05) is 12.1 Å². The molecule has 1 aromatic heterocycles. The van der Waals surface area contributed by atoms with Crippen LogP contribution < -0.4 is 5.32 Å². The number of nitrogens with one attached hydrogen (secondary N) is 1. The number of thiophene rings is 1. The topological polar surface area (TPSA) is 32.3 Å². The predicted octanol–water partition coefficient (Wildman–Crippen LogP) is 2.00. The van der Waals surface area contributed by atoms with Crippen LogP contribution in [0.5, 0.6) is 0 Å². The monoisotopic (exact) mass is 211 g/mol. The molecular weight excluding hydrogens is 194 g/mol. The molecule has 1 aliphatic carbocycles. The molecule has 0 aromatic carbocycles. The molecule has 0 spiro atoms. The maximum absolute atomic E-state index is 9.36. The van der Waals surface area contributed by atoms with E-state index >= 15 is 0 Å². The van der Waals surface area contributed by atoms with Crippen LogP contribution in [0.4, 0.5) is 0 Å². The van der Waals surface area contributed by atoms with Gasteiger partial charge in [0.15, 0.2) is 0 Å². The first kappa shape index (κ1) is 10.1. The Hall–Kier alpha value is -0.380. The largest absolute Gasteiger partial charge is 0.394 e. The molecule has 0 bridgehead atoms. The van der Waals surface area contributed by atoms with Crippen LogP contribution in [0.25, 0.3) is 0 Å². The van der Waals surface area contributed by atoms with E-state index in [0.29, 0.717) is 5.92 Å². The molecule has 0 amide bonds. The fraction of sp³-hybridized carbons (Fsp3) is 0.636. The van der Waals surface area contributed by atoms with Gasteiger partial charge < -0.3 is 10.4 Å². The third-order valence-electron chi connectivity index (χ3n) is 3.08. The third kappa shape index (κ3) is 2.16. The molecule has 78 valence electrons. The first-order valence-corrected chi connectivity index (χ1v) is 6.06. The Bertz CT molecular complexity index is 281. The van der Waals surface area contributed by atoms with E-state index in [1.165, 1.54) is 18.4 Å². The standard InChI is InChI=1S/C11H17NOS/c1-11(8-13,10-2-3-10)12-6-9-4-5-14-7-9/h4-5,7,10,12-13H,2-3,6,8H2,1H3. The zero-order valence-electron chi connectivity index (χ0n) is 8.49. The molecule has 2 nitrogen and oxygen atoms in total. The summed E-state index contributed by atoms with van der Waals surface area (Å²) in [4.78, 5) is 0. The zero-order chi connectivity index (χ0) is 10.0. The Kier molecular flexibility index (Phi) is 2.91. The highest BCUT2D eigenvalue weighted by Gasteiger charge is 2.40. The lowest BCUT2D eigenvalue weighted by molar-refractivity contribution is 0.153. The maximum Gasteiger partial charge on any atom is 0.0613 e. The minimum atomic E-state index is -0.0675. The van der Waals surface area contributed by atoms with E-state index in [2.05, 4.69) is 29.1 Å². The van der Waals surface area contributed by atoms with Gasteiger partial charge in [0.1, 0.15) is 0 Å². The Morgan fingerprint density at radius 1 is 1.64 bits per heavy atom. The van der Waals surface area contributed by atoms with Crippen LogP contribution in [0.2, 0.25) is 0 Å². The second-order valence-electron chi connectivity index (χ2n) is 4.34. The van der Waals surface area contributed by atoms with E-state index in [1.54, 1.807) is 11.3 Å². The molecule has 0 aliphatic heterocycles. The van der Waals surface area contributed by atoms with Gasteiger partial charge in [-0.15, -0.1) is 0 Å². The summed E-state index contributed by atoms with van der Waals surface area (Å²) in [5.74, 6) is 0.672. The van der Waals surface area contributed by atoms with Gasteiger partial charge in [-0.2, -0.15) is 11.3 Å². The lowest BCUT2D eigenvalue weighted by Crippen LogP contribution is -2.47. The van der Waals surface area contributed by atoms with E-state index in [1.807, 2.05) is 0 Å². The quantitative estimate of drug-likeness (QED) is 0.780. The van der Waals surface area contributed by atoms with Crippen molar-refractivity contribution in [3.05, 3.63) is 22.4 Å². The highest BCUT2D eigenvalue weighted by molar-refractivity contribution is 7.07. The zero-order valence-corrected chi connectivity index (χ0v) is 9.31. The summed E-state index contributed by atoms with van der Waals surface area (Å²) in [6.07, 6.45) is 2.52. The van der Waals surface area contributed by atoms with Gasteiger partial charge in [0.05, 0.1) is 6.61 Å². The average molecular weight is 211 g/mol. The summed E-state index contributed by atoms with van der Waals surface area (Å²) in [7, 11) is 0. The van der Waals surface area contributed by atoms with E-state index < -0.39 is 0 Å². The molecule has 14 heavy (non-hydrogen) atoms. The predicted molar refractivity (Wildman–Crippen MR) is 59.4 cm³/mol. The van der Waals surface area contributed by atoms with Crippen LogP contribution in [0.15, 0.2) is 16.8 Å². The summed E-state index contributed by atoms with van der Waals surface area (Å²) in [6, 6.07) is 2.13. The Balaban J connectivity index is 1.89. The van der Waals surface area contributed by atoms with Crippen molar-refractivity contribution in [1.82, 2.24) is 5.32 Å². The minimum Gasteiger partial charge on any atom is -0.394 e. The van der Waals surface area contributed by atoms with Gasteiger partial charge in [-0.05, 0) is 48.1 Å². The number of aliphatic hydroxyl groups excluding tert-OH is 1. The number of aliphatic hydroxyl groups is 1. The molecule has 1 aromatic rings. The van der Waals surface area contributed by atoms with Crippen LogP contribution in [-0.2, 0) is 6.54 Å². The molecule has 0 saturated heterocycles. The Morgan fingerprint density at radius 2 is 2.43 bits per heavy atom. The van der Waals surface area contributed by atoms with E-state index in [0.717, 1.165) is 6.54 Å². The van der Waals surface area contributed by atoms with E-state index in [9.17, 15) is 5.11 Å². The number of rotatable bonds is 5. The van der Waals surface area contributed by atoms with Crippen molar-refractivity contribution < 1.29 is 5.11 Å². The molecule has 1 fully saturated rings. The van der Waals surface area contributed by atoms with Crippen LogP contribution in [0, 0.1) is 5.92 Å². The van der Waals surface area contributed by atoms with Gasteiger partial charge >= 0.3 is 0 Å². The van der Waals surface area contributed by atoms with Gasteiger partial charge in [-0.3, -0.25) is 0 Å². The van der Waals surface area contributed by atoms with Crippen molar-refractivity contribution in [2.24, 2.45) is 5.92 Å². The molecule has 1 unspecified atom stereocenters. The Labute approximate surface area is 89.0 Å². The van der Waals surface area contributed by atoms with Crippen LogP contribution in [-0.4, -0.2) is 17.3 Å². The second-order valence-corrected chi connectivity index (χ2v) is 5.12. The number of hydrogen-bond acceptors (Lipinski definition) is 3. The lowest BCUT2D eigenvalue weighted by atomic mass is 9.97. The van der Waals surface area contributed by atoms with Crippen LogP contribution >= 0.6 is 11.3 Å². The molecule has 1 aliphatic rings. The van der Waals surface area contributed by atoms with Crippen molar-refractivity contribution in [2.75, 3.05) is 6.61 Å². The molecule has 2 rings (SSSR count). The second kappa shape index (κ2) is 4.01. The van der Waals surface area contributed by atoms with Gasteiger partial charge in [-0.1, -0.05) is 0 Å². The smallest absolute Gasteiger partial charge is 0.0613 e. The van der Waals surface area contributed by atoms with E-state index in [4.69, 9.17) is 0 Å². The van der Waals surface area contributed by atoms with Crippen LogP contribution in [0.1, 0.15) is 25.3 Å². The molecule has 1 saturated carbocycles. The molecule has 0 radical (unpaired) electrons. The van der Waals surface area contributed by atoms with Crippen molar-refractivity contribution in [3.63, 3.8) is 0 Å².